The zero-order valence-corrected chi connectivity index (χ0v) is 34.1. The second-order valence-electron chi connectivity index (χ2n) is 16.6. The van der Waals surface area contributed by atoms with Crippen LogP contribution in [0, 0.1) is 11.8 Å². The lowest BCUT2D eigenvalue weighted by Crippen LogP contribution is -2.50. The molecular formula is C42H48N6O7S. The number of pyridine rings is 2. The van der Waals surface area contributed by atoms with Gasteiger partial charge in [0.1, 0.15) is 22.7 Å². The molecule has 0 saturated carbocycles. The summed E-state index contributed by atoms with van der Waals surface area (Å²) in [7, 11) is -2.27. The summed E-state index contributed by atoms with van der Waals surface area (Å²) in [5.74, 6) is 6.37. The first-order valence-electron chi connectivity index (χ1n) is 18.5. The van der Waals surface area contributed by atoms with Crippen molar-refractivity contribution < 1.29 is 32.3 Å². The highest BCUT2D eigenvalue weighted by Crippen LogP contribution is 2.42. The number of hydrogen-bond donors (Lipinski definition) is 1. The maximum atomic E-state index is 14.0. The summed E-state index contributed by atoms with van der Waals surface area (Å²) in [6.45, 7) is 15.2. The van der Waals surface area contributed by atoms with Gasteiger partial charge < -0.3 is 19.7 Å². The molecule has 2 aliphatic rings. The van der Waals surface area contributed by atoms with Crippen LogP contribution in [0.25, 0.3) is 10.8 Å². The van der Waals surface area contributed by atoms with Crippen molar-refractivity contribution in [3.05, 3.63) is 83.8 Å². The van der Waals surface area contributed by atoms with Crippen molar-refractivity contribution in [2.45, 2.75) is 95.8 Å². The van der Waals surface area contributed by atoms with Crippen molar-refractivity contribution in [2.75, 3.05) is 30.4 Å². The summed E-state index contributed by atoms with van der Waals surface area (Å²) in [5, 5.41) is 4.74. The molecular weight excluding hydrogens is 733 g/mol. The van der Waals surface area contributed by atoms with Crippen molar-refractivity contribution in [1.82, 2.24) is 19.2 Å². The van der Waals surface area contributed by atoms with E-state index in [0.29, 0.717) is 59.9 Å². The molecule has 0 spiro atoms. The van der Waals surface area contributed by atoms with Gasteiger partial charge in [-0.2, -0.15) is 4.31 Å². The van der Waals surface area contributed by atoms with Crippen molar-refractivity contribution >= 4 is 56.1 Å². The zero-order chi connectivity index (χ0) is 40.8. The van der Waals surface area contributed by atoms with E-state index in [1.165, 1.54) is 12.1 Å². The van der Waals surface area contributed by atoms with Gasteiger partial charge in [-0.15, -0.1) is 0 Å². The number of likely N-dealkylation sites (tertiary alicyclic amines) is 1. The van der Waals surface area contributed by atoms with E-state index < -0.39 is 44.9 Å². The molecule has 1 fully saturated rings. The Labute approximate surface area is 328 Å². The maximum Gasteiger partial charge on any atom is 0.424 e. The van der Waals surface area contributed by atoms with Gasteiger partial charge >= 0.3 is 12.2 Å². The van der Waals surface area contributed by atoms with Gasteiger partial charge in [0, 0.05) is 34.4 Å². The van der Waals surface area contributed by atoms with Gasteiger partial charge in [-0.25, -0.2) is 32.9 Å². The lowest BCUT2D eigenvalue weighted by Gasteiger charge is -2.37. The quantitative estimate of drug-likeness (QED) is 0.203. The number of benzene rings is 2. The number of anilines is 3. The Bertz CT molecular complexity index is 2360. The summed E-state index contributed by atoms with van der Waals surface area (Å²) in [6, 6.07) is 14.6. The molecule has 4 heterocycles. The van der Waals surface area contributed by atoms with Gasteiger partial charge in [-0.3, -0.25) is 4.79 Å². The molecule has 14 heteroatoms. The molecule has 0 aliphatic carbocycles. The number of amides is 3. The number of ether oxygens (including phenoxy) is 2. The van der Waals surface area contributed by atoms with Gasteiger partial charge in [0.15, 0.2) is 0 Å². The van der Waals surface area contributed by atoms with Crippen molar-refractivity contribution in [1.29, 1.82) is 0 Å². The number of hydrogen-bond acceptors (Lipinski definition) is 11. The average molecular weight is 781 g/mol. The van der Waals surface area contributed by atoms with E-state index in [2.05, 4.69) is 32.0 Å². The van der Waals surface area contributed by atoms with Gasteiger partial charge in [0.2, 0.25) is 5.91 Å². The molecule has 56 heavy (non-hydrogen) atoms. The van der Waals surface area contributed by atoms with E-state index in [4.69, 9.17) is 9.47 Å². The third-order valence-electron chi connectivity index (χ3n) is 9.48. The Morgan fingerprint density at radius 2 is 1.57 bits per heavy atom. The SMILES string of the molecule is CN1CCC(N(C(=O)OC(C)(C)C)S(=O)(=O)c2ccc(Nc3cc4c(C#Cc5ccc6c(c5)N(C(=O)OC(C)(C)C)C(=O)C6(C)C)nccc4cn3)cc2)CC1. The molecule has 1 saturated heterocycles. The van der Waals surface area contributed by atoms with Gasteiger partial charge in [0.25, 0.3) is 10.0 Å². The number of imide groups is 1. The molecule has 6 rings (SSSR count). The van der Waals surface area contributed by atoms with Crippen LogP contribution in [0.4, 0.5) is 26.8 Å². The molecule has 0 bridgehead atoms. The third-order valence-corrected chi connectivity index (χ3v) is 11.3. The second-order valence-corrected chi connectivity index (χ2v) is 18.5. The zero-order valence-electron chi connectivity index (χ0n) is 33.3. The summed E-state index contributed by atoms with van der Waals surface area (Å²) >= 11 is 0. The highest BCUT2D eigenvalue weighted by molar-refractivity contribution is 7.89. The van der Waals surface area contributed by atoms with Crippen LogP contribution in [-0.4, -0.2) is 83.1 Å². The smallest absolute Gasteiger partial charge is 0.424 e. The molecule has 294 valence electrons. The molecule has 4 aromatic rings. The van der Waals surface area contributed by atoms with Gasteiger partial charge in [-0.05, 0) is 148 Å². The lowest BCUT2D eigenvalue weighted by atomic mass is 9.86. The van der Waals surface area contributed by atoms with Crippen LogP contribution < -0.4 is 10.2 Å². The van der Waals surface area contributed by atoms with Crippen molar-refractivity contribution in [2.24, 2.45) is 0 Å². The summed E-state index contributed by atoms with van der Waals surface area (Å²) < 4.78 is 40.0. The van der Waals surface area contributed by atoms with Crippen LogP contribution in [0.1, 0.15) is 85.1 Å². The first-order valence-corrected chi connectivity index (χ1v) is 19.9. The average Bonchev–Trinajstić information content (AvgIpc) is 3.30. The topological polar surface area (TPSA) is 151 Å². The van der Waals surface area contributed by atoms with Gasteiger partial charge in [0.05, 0.1) is 22.0 Å². The van der Waals surface area contributed by atoms with E-state index in [9.17, 15) is 22.8 Å². The van der Waals surface area contributed by atoms with E-state index in [0.717, 1.165) is 20.0 Å². The normalized spacial score (nSPS) is 16.2. The highest BCUT2D eigenvalue weighted by atomic mass is 32.2. The monoisotopic (exact) mass is 780 g/mol. The van der Waals surface area contributed by atoms with Crippen LogP contribution in [0.2, 0.25) is 0 Å². The number of fused-ring (bicyclic) bond motifs is 2. The number of piperidine rings is 1. The molecule has 13 nitrogen and oxygen atoms in total. The van der Waals surface area contributed by atoms with Crippen LogP contribution in [-0.2, 0) is 29.7 Å². The Morgan fingerprint density at radius 1 is 0.911 bits per heavy atom. The number of carbonyl (C=O) groups is 3. The van der Waals surface area contributed by atoms with E-state index >= 15 is 0 Å². The molecule has 0 atom stereocenters. The van der Waals surface area contributed by atoms with Gasteiger partial charge in [-0.1, -0.05) is 12.0 Å². The Morgan fingerprint density at radius 3 is 2.21 bits per heavy atom. The number of sulfonamides is 1. The number of nitrogens with zero attached hydrogens (tertiary/aromatic N) is 5. The highest BCUT2D eigenvalue weighted by Gasteiger charge is 2.48. The minimum Gasteiger partial charge on any atom is -0.443 e. The number of rotatable bonds is 5. The summed E-state index contributed by atoms with van der Waals surface area (Å²) in [4.78, 5) is 52.0. The van der Waals surface area contributed by atoms with Crippen LogP contribution >= 0.6 is 0 Å². The molecule has 0 unspecified atom stereocenters. The van der Waals surface area contributed by atoms with E-state index in [-0.39, 0.29) is 10.8 Å². The Kier molecular flexibility index (Phi) is 10.7. The standard InChI is InChI=1S/C42H48N6O7S/c1-40(2,3)54-38(50)47-35-24-27(10-16-33(35)42(7,8)37(47)49)11-17-34-32-25-36(44-26-28(32)18-21-43-34)45-29-12-14-31(15-13-29)56(52,53)48(39(51)55-41(4,5)6)30-19-22-46(9)23-20-30/h10,12-16,18,21,24-26,30H,19-20,22-23H2,1-9H3,(H,44,45). The third kappa shape index (κ3) is 8.49. The minimum absolute atomic E-state index is 0.0326. The minimum atomic E-state index is -4.24. The second kappa shape index (κ2) is 14.9. The molecule has 2 aromatic heterocycles. The predicted molar refractivity (Wildman–Crippen MR) is 214 cm³/mol. The molecule has 3 amide bonds. The molecule has 2 aromatic carbocycles. The molecule has 1 N–H and O–H groups in total. The predicted octanol–water partition coefficient (Wildman–Crippen LogP) is 7.35. The van der Waals surface area contributed by atoms with Crippen LogP contribution in [0.5, 0.6) is 0 Å². The number of nitrogens with one attached hydrogen (secondary N) is 1. The Balaban J connectivity index is 1.25. The number of aromatic nitrogens is 2. The molecule has 2 aliphatic heterocycles. The van der Waals surface area contributed by atoms with E-state index in [1.54, 1.807) is 92.0 Å². The maximum absolute atomic E-state index is 14.0. The van der Waals surface area contributed by atoms with Crippen molar-refractivity contribution in [3.63, 3.8) is 0 Å². The first-order chi connectivity index (χ1) is 26.1. The fraction of sp³-hybridized carbons (Fsp3) is 0.405. The molecule has 0 radical (unpaired) electrons. The largest absolute Gasteiger partial charge is 0.443 e. The fourth-order valence-electron chi connectivity index (χ4n) is 6.63. The van der Waals surface area contributed by atoms with Crippen LogP contribution in [0.3, 0.4) is 0 Å². The fourth-order valence-corrected chi connectivity index (χ4v) is 8.18. The Hall–Kier alpha value is -5.52. The lowest BCUT2D eigenvalue weighted by molar-refractivity contribution is -0.121. The van der Waals surface area contributed by atoms with Crippen LogP contribution in [0.15, 0.2) is 71.9 Å². The summed E-state index contributed by atoms with van der Waals surface area (Å²) in [5.41, 5.74) is 0.174. The first kappa shape index (κ1) is 40.2. The van der Waals surface area contributed by atoms with Crippen molar-refractivity contribution in [3.8, 4) is 11.8 Å². The summed E-state index contributed by atoms with van der Waals surface area (Å²) in [6.07, 6.45) is 2.70. The van der Waals surface area contributed by atoms with E-state index in [1.807, 2.05) is 25.2 Å². The number of carbonyl (C=O) groups excluding carboxylic acids is 3.